The van der Waals surface area contributed by atoms with E-state index in [4.69, 9.17) is 0 Å². The van der Waals surface area contributed by atoms with Crippen molar-refractivity contribution in [3.05, 3.63) is 33.8 Å². The molecule has 0 spiro atoms. The molecule has 2 unspecified atom stereocenters. The molecular weight excluding hydrogens is 488 g/mol. The summed E-state index contributed by atoms with van der Waals surface area (Å²) in [4.78, 5) is 64.1. The zero-order chi connectivity index (χ0) is 23.3. The van der Waals surface area contributed by atoms with Gasteiger partial charge in [0.15, 0.2) is 11.9 Å². The second-order valence-corrected chi connectivity index (χ2v) is 11.2. The number of thioether (sulfide) groups is 2. The fourth-order valence-electron chi connectivity index (χ4n) is 4.22. The van der Waals surface area contributed by atoms with Gasteiger partial charge in [-0.05, 0) is 11.4 Å². The van der Waals surface area contributed by atoms with Crippen LogP contribution >= 0.6 is 34.9 Å². The quantitative estimate of drug-likeness (QED) is 0.274. The van der Waals surface area contributed by atoms with E-state index in [1.165, 1.54) is 34.9 Å². The molecule has 5 heterocycles. The van der Waals surface area contributed by atoms with Crippen LogP contribution in [0.25, 0.3) is 0 Å². The number of rotatable bonds is 6. The van der Waals surface area contributed by atoms with Crippen molar-refractivity contribution in [1.82, 2.24) is 15.5 Å². The Morgan fingerprint density at radius 3 is 2.79 bits per heavy atom. The molecule has 4 aliphatic rings. The Bertz CT molecular complexity index is 1130. The highest BCUT2D eigenvalue weighted by molar-refractivity contribution is 8.00. The highest BCUT2D eigenvalue weighted by Crippen LogP contribution is 2.40. The van der Waals surface area contributed by atoms with Gasteiger partial charge in [0.25, 0.3) is 5.91 Å². The first-order chi connectivity index (χ1) is 15.9. The molecule has 0 radical (unpaired) electrons. The average Bonchev–Trinajstić information content (AvgIpc) is 3.29. The maximum atomic E-state index is 12.8. The van der Waals surface area contributed by atoms with Gasteiger partial charge in [-0.3, -0.25) is 19.3 Å². The molecule has 0 bridgehead atoms. The summed E-state index contributed by atoms with van der Waals surface area (Å²) in [6.07, 6.45) is 2.68. The number of thiophene rings is 1. The minimum Gasteiger partial charge on any atom is -0.477 e. The number of fused-ring (bicyclic) bond motifs is 2. The zero-order valence-electron chi connectivity index (χ0n) is 17.1. The number of hydrogen-bond acceptors (Lipinski definition) is 8. The normalized spacial score (nSPS) is 28.1. The fourth-order valence-corrected chi connectivity index (χ4v) is 7.47. The Kier molecular flexibility index (Phi) is 5.79. The van der Waals surface area contributed by atoms with Crippen LogP contribution in [0.2, 0.25) is 0 Å². The summed E-state index contributed by atoms with van der Waals surface area (Å²) in [6.45, 7) is 0. The van der Waals surface area contributed by atoms with Crippen molar-refractivity contribution in [3.8, 4) is 0 Å². The van der Waals surface area contributed by atoms with Gasteiger partial charge in [-0.25, -0.2) is 9.59 Å². The van der Waals surface area contributed by atoms with Crippen LogP contribution in [0.4, 0.5) is 0 Å². The minimum absolute atomic E-state index is 0.0847. The molecule has 3 N–H and O–H groups in total. The highest BCUT2D eigenvalue weighted by atomic mass is 32.2. The van der Waals surface area contributed by atoms with E-state index in [0.29, 0.717) is 0 Å². The van der Waals surface area contributed by atoms with E-state index < -0.39 is 35.1 Å². The minimum atomic E-state index is -1.35. The molecule has 172 valence electrons. The molecule has 33 heavy (non-hydrogen) atoms. The Labute approximate surface area is 200 Å². The molecule has 13 heteroatoms. The number of aliphatic carboxylic acids is 1. The Hall–Kier alpha value is -2.64. The number of carboxylic acids is 1. The number of β-lactam (4-membered cyclic amide) rings is 2. The molecule has 1 aromatic rings. The largest absolute Gasteiger partial charge is 0.477 e. The fraction of sp³-hybridized carbons (Fsp3) is 0.400. The summed E-state index contributed by atoms with van der Waals surface area (Å²) in [5.41, 5.74) is -0.228. The van der Waals surface area contributed by atoms with Crippen LogP contribution in [-0.2, 0) is 30.4 Å². The van der Waals surface area contributed by atoms with Crippen molar-refractivity contribution in [3.63, 3.8) is 0 Å². The van der Waals surface area contributed by atoms with E-state index in [-0.39, 0.29) is 40.8 Å². The first kappa shape index (κ1) is 22.2. The summed E-state index contributed by atoms with van der Waals surface area (Å²) < 4.78 is 1.54. The average molecular weight is 508 g/mol. The Balaban J connectivity index is 1.28. The summed E-state index contributed by atoms with van der Waals surface area (Å²) in [5, 5.41) is 16.1. The Morgan fingerprint density at radius 1 is 1.24 bits per heavy atom. The van der Waals surface area contributed by atoms with Crippen LogP contribution in [0.5, 0.6) is 0 Å². The lowest BCUT2D eigenvalue weighted by Crippen LogP contribution is -2.71. The van der Waals surface area contributed by atoms with Gasteiger partial charge in [0.2, 0.25) is 23.1 Å². The number of hydrogen-bond donors (Lipinski definition) is 3. The zero-order valence-corrected chi connectivity index (χ0v) is 19.5. The van der Waals surface area contributed by atoms with Gasteiger partial charge in [0.05, 0.1) is 12.1 Å². The third-order valence-corrected chi connectivity index (χ3v) is 9.24. The second kappa shape index (κ2) is 8.61. The molecule has 4 aliphatic heterocycles. The highest BCUT2D eigenvalue weighted by Gasteiger charge is 2.60. The van der Waals surface area contributed by atoms with Crippen molar-refractivity contribution in [2.75, 3.05) is 11.5 Å². The van der Waals surface area contributed by atoms with E-state index in [9.17, 15) is 29.1 Å². The number of nitrogens with zero attached hydrogens (tertiary/aromatic N) is 2. The summed E-state index contributed by atoms with van der Waals surface area (Å²) >= 11 is 4.21. The van der Waals surface area contributed by atoms with Crippen molar-refractivity contribution in [2.45, 2.75) is 29.6 Å². The van der Waals surface area contributed by atoms with Crippen LogP contribution < -0.4 is 10.6 Å². The number of amides is 4. The van der Waals surface area contributed by atoms with Gasteiger partial charge >= 0.3 is 11.9 Å². The van der Waals surface area contributed by atoms with E-state index >= 15 is 0 Å². The van der Waals surface area contributed by atoms with Crippen LogP contribution in [0.1, 0.15) is 11.3 Å². The van der Waals surface area contributed by atoms with Gasteiger partial charge in [-0.1, -0.05) is 17.8 Å². The van der Waals surface area contributed by atoms with E-state index in [2.05, 4.69) is 10.6 Å². The van der Waals surface area contributed by atoms with Crippen molar-refractivity contribution in [1.29, 1.82) is 0 Å². The third kappa shape index (κ3) is 3.77. The third-order valence-electron chi connectivity index (χ3n) is 5.77. The van der Waals surface area contributed by atoms with E-state index in [1.807, 2.05) is 17.5 Å². The number of carboxylic acid groups (broad SMARTS) is 1. The lowest BCUT2D eigenvalue weighted by molar-refractivity contribution is -0.513. The smallest absolute Gasteiger partial charge is 0.408 e. The monoisotopic (exact) mass is 507 g/mol. The van der Waals surface area contributed by atoms with Crippen LogP contribution in [0.15, 0.2) is 28.9 Å². The number of nitrogens with one attached hydrogen (secondary N) is 2. The van der Waals surface area contributed by atoms with Crippen molar-refractivity contribution >= 4 is 70.7 Å². The van der Waals surface area contributed by atoms with Crippen molar-refractivity contribution < 1.29 is 33.7 Å². The van der Waals surface area contributed by atoms with E-state index in [1.54, 1.807) is 10.8 Å². The number of carbonyl (C=O) groups excluding carboxylic acids is 4. The van der Waals surface area contributed by atoms with Crippen molar-refractivity contribution in [2.24, 2.45) is 5.92 Å². The SMILES string of the molecule is O=C(Cc1cccs1)NC1C(=O)N2C(C(=O)O)=C(NC(=O)C3C(=O)[N+]4=CCCS[C@@H]34)CS[C@@H]12. The van der Waals surface area contributed by atoms with E-state index in [0.717, 1.165) is 22.0 Å². The lowest BCUT2D eigenvalue weighted by atomic mass is 9.98. The summed E-state index contributed by atoms with van der Waals surface area (Å²) in [5.74, 6) is -3.02. The molecule has 4 amide bonds. The predicted molar refractivity (Wildman–Crippen MR) is 122 cm³/mol. The topological polar surface area (TPSA) is 136 Å². The molecule has 0 aliphatic carbocycles. The predicted octanol–water partition coefficient (Wildman–Crippen LogP) is -0.194. The molecule has 0 aromatic carbocycles. The summed E-state index contributed by atoms with van der Waals surface area (Å²) in [7, 11) is 0. The molecule has 10 nitrogen and oxygen atoms in total. The van der Waals surface area contributed by atoms with Crippen LogP contribution in [0, 0.1) is 5.92 Å². The molecule has 0 saturated carbocycles. The van der Waals surface area contributed by atoms with Gasteiger partial charge in [0, 0.05) is 22.8 Å². The number of carbonyl (C=O) groups is 5. The maximum Gasteiger partial charge on any atom is 0.408 e. The van der Waals surface area contributed by atoms with Gasteiger partial charge < -0.3 is 15.7 Å². The lowest BCUT2D eigenvalue weighted by Gasteiger charge is -2.49. The molecule has 4 atom stereocenters. The van der Waals surface area contributed by atoms with Crippen LogP contribution in [-0.4, -0.2) is 78.7 Å². The molecule has 1 aromatic heterocycles. The van der Waals surface area contributed by atoms with Gasteiger partial charge in [-0.15, -0.1) is 23.1 Å². The van der Waals surface area contributed by atoms with Gasteiger partial charge in [-0.2, -0.15) is 4.58 Å². The second-order valence-electron chi connectivity index (χ2n) is 7.79. The molecule has 2 saturated heterocycles. The van der Waals surface area contributed by atoms with Crippen LogP contribution in [0.3, 0.4) is 0 Å². The molecule has 2 fully saturated rings. The first-order valence-corrected chi connectivity index (χ1v) is 13.2. The Morgan fingerprint density at radius 2 is 2.06 bits per heavy atom. The standard InChI is InChI=1S/C20H18N4O6S3/c25-11(7-9-3-1-5-31-9)22-13-17(28)24-14(20(29)30)10(8-33-19(13)24)21-15(26)12-16(27)23-4-2-6-32-18(12)23/h1,3-5,12-13,18-19H,2,6-8H2,(H2-,21,22,25,26,29,30)/p+1/t12?,13?,18-,19-/m0/s1. The first-order valence-electron chi connectivity index (χ1n) is 10.2. The molecular formula is C20H19N4O6S3+. The van der Waals surface area contributed by atoms with Gasteiger partial charge in [0.1, 0.15) is 11.4 Å². The summed E-state index contributed by atoms with van der Waals surface area (Å²) in [6, 6.07) is 2.83. The maximum absolute atomic E-state index is 12.8. The molecule has 5 rings (SSSR count).